The first-order valence-corrected chi connectivity index (χ1v) is 13.5. The molecule has 0 unspecified atom stereocenters. The van der Waals surface area contributed by atoms with Crippen LogP contribution in [-0.4, -0.2) is 70.5 Å². The van der Waals surface area contributed by atoms with Gasteiger partial charge in [0.2, 0.25) is 5.88 Å². The highest BCUT2D eigenvalue weighted by Crippen LogP contribution is 2.32. The van der Waals surface area contributed by atoms with Crippen LogP contribution in [0.25, 0.3) is 22.2 Å². The lowest BCUT2D eigenvalue weighted by atomic mass is 9.99. The molecule has 0 amide bonds. The van der Waals surface area contributed by atoms with Gasteiger partial charge in [0.25, 0.3) is 0 Å². The molecule has 6 rings (SSSR count). The summed E-state index contributed by atoms with van der Waals surface area (Å²) in [6, 6.07) is 12.4. The van der Waals surface area contributed by atoms with Crippen molar-refractivity contribution in [3.63, 3.8) is 0 Å². The van der Waals surface area contributed by atoms with Gasteiger partial charge in [-0.15, -0.1) is 0 Å². The van der Waals surface area contributed by atoms with E-state index in [9.17, 15) is 5.26 Å². The van der Waals surface area contributed by atoms with Gasteiger partial charge in [-0.05, 0) is 36.6 Å². The van der Waals surface area contributed by atoms with Crippen LogP contribution in [0.4, 0.5) is 5.82 Å². The standard InChI is InChI=1S/C30H31N9O/c1-40-29-7-4-21(16-35-29)19-37-9-11-38(12-10-37)28-6-5-22(17-34-28)25-13-23(26(15-32)27-3-2-8-33-27)20-39-30(25)24(14-31)18-36-39/h4-7,13,15-18,20,32-33H,2-3,8-12,19H2,1H3/b27-26+,32-15?. The number of nitrogens with zero attached hydrogens (tertiary/aromatic N) is 7. The van der Waals surface area contributed by atoms with E-state index in [-0.39, 0.29) is 0 Å². The highest BCUT2D eigenvalue weighted by Gasteiger charge is 2.20. The minimum Gasteiger partial charge on any atom is -0.481 e. The van der Waals surface area contributed by atoms with Crippen molar-refractivity contribution in [2.45, 2.75) is 19.4 Å². The van der Waals surface area contributed by atoms with Gasteiger partial charge < -0.3 is 20.4 Å². The second-order valence-electron chi connectivity index (χ2n) is 10.0. The molecule has 6 heterocycles. The molecule has 202 valence electrons. The van der Waals surface area contributed by atoms with Crippen LogP contribution < -0.4 is 15.0 Å². The molecule has 4 aromatic heterocycles. The van der Waals surface area contributed by atoms with E-state index in [4.69, 9.17) is 15.1 Å². The molecule has 2 aliphatic rings. The molecule has 0 aromatic carbocycles. The molecule has 10 heteroatoms. The first kappa shape index (κ1) is 25.5. The average Bonchev–Trinajstić information content (AvgIpc) is 3.69. The predicted octanol–water partition coefficient (Wildman–Crippen LogP) is 3.74. The highest BCUT2D eigenvalue weighted by molar-refractivity contribution is 6.10. The number of rotatable bonds is 7. The Balaban J connectivity index is 1.22. The number of piperazine rings is 1. The Morgan fingerprint density at radius 1 is 1.12 bits per heavy atom. The number of methoxy groups -OCH3 is 1. The topological polar surface area (TPSA) is 118 Å². The SMILES string of the molecule is COc1ccc(CN2CCN(c3ccc(-c4cc(/C(C=N)=C5\CCCN5)cn5ncc(C#N)c45)cn3)CC2)cn1. The lowest BCUT2D eigenvalue weighted by Gasteiger charge is -2.35. The number of anilines is 1. The van der Waals surface area contributed by atoms with Gasteiger partial charge in [-0.25, -0.2) is 14.5 Å². The van der Waals surface area contributed by atoms with E-state index in [0.29, 0.717) is 11.4 Å². The summed E-state index contributed by atoms with van der Waals surface area (Å²) < 4.78 is 6.90. The number of ether oxygens (including phenoxy) is 1. The van der Waals surface area contributed by atoms with Crippen molar-refractivity contribution in [3.8, 4) is 23.1 Å². The fourth-order valence-corrected chi connectivity index (χ4v) is 5.49. The molecule has 4 aromatic rings. The molecule has 0 radical (unpaired) electrons. The summed E-state index contributed by atoms with van der Waals surface area (Å²) in [5.41, 5.74) is 7.03. The minimum absolute atomic E-state index is 0.511. The molecule has 2 N–H and O–H groups in total. The van der Waals surface area contributed by atoms with Crippen LogP contribution in [0.5, 0.6) is 5.88 Å². The number of hydrogen-bond acceptors (Lipinski definition) is 9. The van der Waals surface area contributed by atoms with Crippen LogP contribution in [0.2, 0.25) is 0 Å². The zero-order valence-corrected chi connectivity index (χ0v) is 22.5. The van der Waals surface area contributed by atoms with Crippen molar-refractivity contribution >= 4 is 23.1 Å². The molecule has 2 fully saturated rings. The van der Waals surface area contributed by atoms with Crippen LogP contribution in [0, 0.1) is 16.7 Å². The van der Waals surface area contributed by atoms with Gasteiger partial charge in [0.1, 0.15) is 11.9 Å². The summed E-state index contributed by atoms with van der Waals surface area (Å²) in [4.78, 5) is 13.9. The largest absolute Gasteiger partial charge is 0.481 e. The quantitative estimate of drug-likeness (QED) is 0.345. The van der Waals surface area contributed by atoms with Gasteiger partial charge >= 0.3 is 0 Å². The maximum Gasteiger partial charge on any atom is 0.212 e. The third-order valence-corrected chi connectivity index (χ3v) is 7.62. The van der Waals surface area contributed by atoms with E-state index in [1.807, 2.05) is 24.7 Å². The average molecular weight is 534 g/mol. The number of hydrogen-bond donors (Lipinski definition) is 2. The van der Waals surface area contributed by atoms with Crippen molar-refractivity contribution in [1.82, 2.24) is 29.8 Å². The normalized spacial score (nSPS) is 16.9. The summed E-state index contributed by atoms with van der Waals surface area (Å²) in [5, 5.41) is 25.7. The minimum atomic E-state index is 0.511. The third kappa shape index (κ3) is 4.99. The molecule has 0 atom stereocenters. The summed E-state index contributed by atoms with van der Waals surface area (Å²) in [6.45, 7) is 5.43. The van der Waals surface area contributed by atoms with Crippen molar-refractivity contribution < 1.29 is 4.74 Å². The fraction of sp³-hybridized carbons (Fsp3) is 0.300. The molecule has 2 saturated heterocycles. The Morgan fingerprint density at radius 2 is 2.00 bits per heavy atom. The lowest BCUT2D eigenvalue weighted by molar-refractivity contribution is 0.249. The first-order chi connectivity index (χ1) is 19.7. The second kappa shape index (κ2) is 11.2. The smallest absolute Gasteiger partial charge is 0.212 e. The maximum atomic E-state index is 9.75. The van der Waals surface area contributed by atoms with Gasteiger partial charge in [0.05, 0.1) is 24.4 Å². The van der Waals surface area contributed by atoms with E-state index >= 15 is 0 Å². The molecule has 0 bridgehead atoms. The highest BCUT2D eigenvalue weighted by atomic mass is 16.5. The van der Waals surface area contributed by atoms with E-state index in [1.165, 1.54) is 11.8 Å². The maximum absolute atomic E-state index is 9.75. The van der Waals surface area contributed by atoms with Crippen molar-refractivity contribution in [1.29, 1.82) is 10.7 Å². The molecule has 0 spiro atoms. The van der Waals surface area contributed by atoms with Crippen LogP contribution in [-0.2, 0) is 6.54 Å². The lowest BCUT2D eigenvalue weighted by Crippen LogP contribution is -2.46. The molecule has 0 aliphatic carbocycles. The van der Waals surface area contributed by atoms with Gasteiger partial charge in [-0.1, -0.05) is 6.07 Å². The molecular formula is C30H31N9O. The molecule has 0 saturated carbocycles. The number of aromatic nitrogens is 4. The third-order valence-electron chi connectivity index (χ3n) is 7.62. The van der Waals surface area contributed by atoms with E-state index in [0.717, 1.165) is 91.4 Å². The Kier molecular flexibility index (Phi) is 7.12. The summed E-state index contributed by atoms with van der Waals surface area (Å²) in [5.74, 6) is 1.57. The van der Waals surface area contributed by atoms with E-state index < -0.39 is 0 Å². The summed E-state index contributed by atoms with van der Waals surface area (Å²) >= 11 is 0. The second-order valence-corrected chi connectivity index (χ2v) is 10.0. The zero-order valence-electron chi connectivity index (χ0n) is 22.5. The molecular weight excluding hydrogens is 502 g/mol. The number of nitrogens with one attached hydrogen (secondary N) is 2. The van der Waals surface area contributed by atoms with Gasteiger partial charge in [0, 0.05) is 98.1 Å². The summed E-state index contributed by atoms with van der Waals surface area (Å²) in [6.07, 6.45) is 10.6. The van der Waals surface area contributed by atoms with Crippen LogP contribution >= 0.6 is 0 Å². The Hall–Kier alpha value is -4.75. The van der Waals surface area contributed by atoms with E-state index in [2.05, 4.69) is 55.5 Å². The summed E-state index contributed by atoms with van der Waals surface area (Å²) in [7, 11) is 1.63. The Morgan fingerprint density at radius 3 is 2.65 bits per heavy atom. The fourth-order valence-electron chi connectivity index (χ4n) is 5.49. The van der Waals surface area contributed by atoms with Crippen molar-refractivity contribution in [2.75, 3.05) is 44.7 Å². The first-order valence-electron chi connectivity index (χ1n) is 13.5. The van der Waals surface area contributed by atoms with Crippen LogP contribution in [0.15, 0.2) is 60.8 Å². The monoisotopic (exact) mass is 533 g/mol. The van der Waals surface area contributed by atoms with Crippen LogP contribution in [0.3, 0.4) is 0 Å². The van der Waals surface area contributed by atoms with Crippen molar-refractivity contribution in [3.05, 3.63) is 77.5 Å². The van der Waals surface area contributed by atoms with Crippen molar-refractivity contribution in [2.24, 2.45) is 0 Å². The number of fused-ring (bicyclic) bond motifs is 1. The number of pyridine rings is 3. The predicted molar refractivity (Wildman–Crippen MR) is 154 cm³/mol. The Bertz CT molecular complexity index is 1580. The van der Waals surface area contributed by atoms with Gasteiger partial charge in [-0.3, -0.25) is 4.90 Å². The molecule has 10 nitrogen and oxygen atoms in total. The van der Waals surface area contributed by atoms with Gasteiger partial charge in [-0.2, -0.15) is 10.4 Å². The van der Waals surface area contributed by atoms with Crippen LogP contribution in [0.1, 0.15) is 29.5 Å². The molecule has 2 aliphatic heterocycles. The van der Waals surface area contributed by atoms with Gasteiger partial charge in [0.15, 0.2) is 0 Å². The zero-order chi connectivity index (χ0) is 27.5. The Labute approximate surface area is 233 Å². The number of allylic oxidation sites excluding steroid dienone is 2. The van der Waals surface area contributed by atoms with E-state index in [1.54, 1.807) is 17.8 Å². The number of nitriles is 1. The molecule has 40 heavy (non-hydrogen) atoms.